The second-order valence-electron chi connectivity index (χ2n) is 8.34. The van der Waals surface area contributed by atoms with E-state index in [1.165, 1.54) is 21.4 Å². The van der Waals surface area contributed by atoms with Crippen molar-refractivity contribution in [3.05, 3.63) is 35.2 Å². The van der Waals surface area contributed by atoms with Crippen molar-refractivity contribution in [1.29, 1.82) is 0 Å². The Morgan fingerprint density at radius 1 is 1.19 bits per heavy atom. The van der Waals surface area contributed by atoms with Gasteiger partial charge in [-0.1, -0.05) is 18.2 Å². The Hall–Kier alpha value is -1.43. The first kappa shape index (κ1) is 17.7. The maximum atomic E-state index is 13.0. The van der Waals surface area contributed by atoms with Gasteiger partial charge in [0.05, 0.1) is 12.5 Å². The van der Waals surface area contributed by atoms with Gasteiger partial charge in [0.1, 0.15) is 0 Å². The van der Waals surface area contributed by atoms with Gasteiger partial charge in [-0.05, 0) is 49.1 Å². The van der Waals surface area contributed by atoms with E-state index >= 15 is 0 Å². The molecule has 1 unspecified atom stereocenters. The topological polar surface area (TPSA) is 32.8 Å². The van der Waals surface area contributed by atoms with Crippen molar-refractivity contribution in [2.45, 2.75) is 38.3 Å². The van der Waals surface area contributed by atoms with Gasteiger partial charge >= 0.3 is 0 Å². The zero-order valence-electron chi connectivity index (χ0n) is 15.8. The quantitative estimate of drug-likeness (QED) is 0.808. The summed E-state index contributed by atoms with van der Waals surface area (Å²) in [6.07, 6.45) is 4.44. The van der Waals surface area contributed by atoms with Gasteiger partial charge in [-0.15, -0.1) is 11.3 Å². The zero-order chi connectivity index (χ0) is 18.2. The molecule has 4 nitrogen and oxygen atoms in total. The van der Waals surface area contributed by atoms with Gasteiger partial charge in [0, 0.05) is 48.4 Å². The summed E-state index contributed by atoms with van der Waals surface area (Å²) in [5.74, 6) is 1.11. The molecule has 3 aliphatic heterocycles. The molecule has 3 aliphatic rings. The van der Waals surface area contributed by atoms with Gasteiger partial charge in [0.25, 0.3) is 0 Å². The first-order chi connectivity index (χ1) is 13.3. The number of piperidine rings is 2. The minimum atomic E-state index is 0.111. The van der Waals surface area contributed by atoms with Gasteiger partial charge in [0.15, 0.2) is 0 Å². The van der Waals surface area contributed by atoms with E-state index in [0.29, 0.717) is 24.5 Å². The first-order valence-electron chi connectivity index (χ1n) is 10.4. The molecule has 27 heavy (non-hydrogen) atoms. The lowest BCUT2D eigenvalue weighted by Gasteiger charge is -2.47. The van der Waals surface area contributed by atoms with E-state index in [-0.39, 0.29) is 5.92 Å². The normalized spacial score (nSPS) is 29.2. The van der Waals surface area contributed by atoms with Crippen molar-refractivity contribution in [2.24, 2.45) is 11.8 Å². The van der Waals surface area contributed by atoms with Crippen LogP contribution in [0, 0.1) is 11.8 Å². The maximum Gasteiger partial charge on any atom is 0.228 e. The highest BCUT2D eigenvalue weighted by Gasteiger charge is 2.40. The van der Waals surface area contributed by atoms with E-state index in [1.807, 2.05) is 11.3 Å². The van der Waals surface area contributed by atoms with Gasteiger partial charge in [-0.3, -0.25) is 9.69 Å². The number of carbonyl (C=O) groups excluding carboxylic acids is 1. The van der Waals surface area contributed by atoms with Crippen molar-refractivity contribution in [2.75, 3.05) is 32.8 Å². The van der Waals surface area contributed by atoms with Crippen molar-refractivity contribution in [1.82, 2.24) is 9.80 Å². The number of thiophene rings is 1. The molecule has 1 aromatic carbocycles. The molecule has 1 aromatic heterocycles. The highest BCUT2D eigenvalue weighted by atomic mass is 32.1. The Bertz CT molecular complexity index is 781. The largest absolute Gasteiger partial charge is 0.381 e. The van der Waals surface area contributed by atoms with Crippen LogP contribution in [0.25, 0.3) is 10.1 Å². The monoisotopic (exact) mass is 384 g/mol. The lowest BCUT2D eigenvalue weighted by atomic mass is 9.83. The van der Waals surface area contributed by atoms with E-state index in [4.69, 9.17) is 4.74 Å². The van der Waals surface area contributed by atoms with Crippen molar-refractivity contribution >= 4 is 27.3 Å². The van der Waals surface area contributed by atoms with Crippen LogP contribution in [0.15, 0.2) is 30.3 Å². The molecule has 0 N–H and O–H groups in total. The Labute approximate surface area is 165 Å². The number of carbonyl (C=O) groups is 1. The van der Waals surface area contributed by atoms with Crippen LogP contribution in [0.5, 0.6) is 0 Å². The molecule has 3 atom stereocenters. The summed E-state index contributed by atoms with van der Waals surface area (Å²) in [6.45, 7) is 5.61. The minimum absolute atomic E-state index is 0.111. The van der Waals surface area contributed by atoms with Crippen LogP contribution in [-0.4, -0.2) is 54.6 Å². The second kappa shape index (κ2) is 7.53. The van der Waals surface area contributed by atoms with Gasteiger partial charge in [0.2, 0.25) is 5.91 Å². The fraction of sp³-hybridized carbons (Fsp3) is 0.591. The Morgan fingerprint density at radius 2 is 2.11 bits per heavy atom. The Morgan fingerprint density at radius 3 is 2.96 bits per heavy atom. The van der Waals surface area contributed by atoms with E-state index in [9.17, 15) is 4.79 Å². The Kier molecular flexibility index (Phi) is 4.92. The predicted octanol–water partition coefficient (Wildman–Crippen LogP) is 3.75. The highest BCUT2D eigenvalue weighted by Crippen LogP contribution is 2.34. The summed E-state index contributed by atoms with van der Waals surface area (Å²) in [5, 5.41) is 1.36. The summed E-state index contributed by atoms with van der Waals surface area (Å²) >= 11 is 1.92. The van der Waals surface area contributed by atoms with E-state index in [0.717, 1.165) is 52.0 Å². The molecule has 0 aliphatic carbocycles. The van der Waals surface area contributed by atoms with Crippen LogP contribution in [0.4, 0.5) is 0 Å². The van der Waals surface area contributed by atoms with E-state index < -0.39 is 0 Å². The molecule has 0 saturated carbocycles. The number of rotatable bonds is 3. The van der Waals surface area contributed by atoms with E-state index in [2.05, 4.69) is 40.1 Å². The number of amides is 1. The molecule has 3 fully saturated rings. The molecule has 0 bridgehead atoms. The molecule has 3 saturated heterocycles. The van der Waals surface area contributed by atoms with Crippen LogP contribution in [0.1, 0.15) is 30.6 Å². The highest BCUT2D eigenvalue weighted by molar-refractivity contribution is 7.19. The number of hydrogen-bond donors (Lipinski definition) is 0. The van der Waals surface area contributed by atoms with Crippen LogP contribution in [0.2, 0.25) is 0 Å². The lowest BCUT2D eigenvalue weighted by Crippen LogP contribution is -2.56. The van der Waals surface area contributed by atoms with Gasteiger partial charge in [-0.2, -0.15) is 0 Å². The summed E-state index contributed by atoms with van der Waals surface area (Å²) < 4.78 is 6.84. The molecule has 2 aromatic rings. The van der Waals surface area contributed by atoms with Crippen LogP contribution < -0.4 is 0 Å². The smallest absolute Gasteiger partial charge is 0.228 e. The Balaban J connectivity index is 1.25. The molecular formula is C22H28N2O2S. The number of hydrogen-bond acceptors (Lipinski definition) is 4. The standard InChI is InChI=1S/C22H28N2O2S/c25-22(18-8-11-26-15-18)24-9-3-5-17-13-23(10-7-20(17)24)14-19-12-16-4-1-2-6-21(16)27-19/h1-2,4,6,12,17-18,20H,3,5,7-11,13-15H2/t17-,18?,20+/m1/s1. The molecule has 5 heteroatoms. The third-order valence-corrected chi connectivity index (χ3v) is 7.67. The third kappa shape index (κ3) is 3.53. The van der Waals surface area contributed by atoms with Crippen LogP contribution in [0.3, 0.4) is 0 Å². The molecule has 5 rings (SSSR count). The van der Waals surface area contributed by atoms with Crippen molar-refractivity contribution < 1.29 is 9.53 Å². The predicted molar refractivity (Wildman–Crippen MR) is 109 cm³/mol. The second-order valence-corrected chi connectivity index (χ2v) is 9.50. The fourth-order valence-electron chi connectivity index (χ4n) is 5.19. The van der Waals surface area contributed by atoms with Crippen molar-refractivity contribution in [3.8, 4) is 0 Å². The number of ether oxygens (including phenoxy) is 1. The van der Waals surface area contributed by atoms with Crippen molar-refractivity contribution in [3.63, 3.8) is 0 Å². The van der Waals surface area contributed by atoms with Crippen LogP contribution >= 0.6 is 11.3 Å². The SMILES string of the molecule is O=C(C1CCOC1)N1CCC[C@@H]2CN(Cc3cc4ccccc4s3)CC[C@@H]21. The average molecular weight is 385 g/mol. The van der Waals surface area contributed by atoms with E-state index in [1.54, 1.807) is 0 Å². The first-order valence-corrected chi connectivity index (χ1v) is 11.2. The number of likely N-dealkylation sites (tertiary alicyclic amines) is 2. The molecule has 0 radical (unpaired) electrons. The average Bonchev–Trinajstić information content (AvgIpc) is 3.36. The van der Waals surface area contributed by atoms with Gasteiger partial charge < -0.3 is 9.64 Å². The maximum absolute atomic E-state index is 13.0. The molecule has 4 heterocycles. The summed E-state index contributed by atoms with van der Waals surface area (Å²) in [4.78, 5) is 19.3. The minimum Gasteiger partial charge on any atom is -0.381 e. The fourth-order valence-corrected chi connectivity index (χ4v) is 6.30. The summed E-state index contributed by atoms with van der Waals surface area (Å²) in [6, 6.07) is 11.5. The number of fused-ring (bicyclic) bond motifs is 2. The zero-order valence-corrected chi connectivity index (χ0v) is 16.6. The summed E-state index contributed by atoms with van der Waals surface area (Å²) in [7, 11) is 0. The summed E-state index contributed by atoms with van der Waals surface area (Å²) in [5.41, 5.74) is 0. The van der Waals surface area contributed by atoms with Gasteiger partial charge in [-0.25, -0.2) is 0 Å². The molecule has 144 valence electrons. The molecule has 1 amide bonds. The third-order valence-electron chi connectivity index (χ3n) is 6.57. The molecular weight excluding hydrogens is 356 g/mol. The number of nitrogens with zero attached hydrogens (tertiary/aromatic N) is 2. The molecule has 0 spiro atoms. The van der Waals surface area contributed by atoms with Crippen LogP contribution in [-0.2, 0) is 16.1 Å². The number of benzene rings is 1. The lowest BCUT2D eigenvalue weighted by molar-refractivity contribution is -0.142.